The van der Waals surface area contributed by atoms with E-state index >= 15 is 0 Å². The normalized spacial score (nSPS) is 35.7. The second-order valence-electron chi connectivity index (χ2n) is 6.78. The maximum absolute atomic E-state index is 12.1. The smallest absolute Gasteiger partial charge is 0.310 e. The van der Waals surface area contributed by atoms with Gasteiger partial charge in [0.1, 0.15) is 0 Å². The van der Waals surface area contributed by atoms with Crippen LogP contribution in [-0.4, -0.2) is 67.0 Å². The summed E-state index contributed by atoms with van der Waals surface area (Å²) in [7, 11) is -3.06. The molecule has 0 bridgehead atoms. The molecular formula is C13H22N2O5S. The number of amides is 1. The van der Waals surface area contributed by atoms with E-state index in [1.54, 1.807) is 18.7 Å². The average Bonchev–Trinajstić information content (AvgIpc) is 2.80. The molecule has 2 rings (SSSR count). The van der Waals surface area contributed by atoms with Crippen molar-refractivity contribution in [3.63, 3.8) is 0 Å². The van der Waals surface area contributed by atoms with Crippen LogP contribution in [0, 0.1) is 5.41 Å². The number of sulfone groups is 1. The molecule has 0 aromatic heterocycles. The highest BCUT2D eigenvalue weighted by Crippen LogP contribution is 2.30. The number of carboxylic acids is 1. The number of carbonyl (C=O) groups excluding carboxylic acids is 1. The molecule has 120 valence electrons. The van der Waals surface area contributed by atoms with Gasteiger partial charge >= 0.3 is 5.97 Å². The molecule has 8 heteroatoms. The van der Waals surface area contributed by atoms with Crippen molar-refractivity contribution in [1.82, 2.24) is 10.2 Å². The summed E-state index contributed by atoms with van der Waals surface area (Å²) in [4.78, 5) is 25.0. The molecule has 2 fully saturated rings. The lowest BCUT2D eigenvalue weighted by Crippen LogP contribution is -2.50. The maximum Gasteiger partial charge on any atom is 0.310 e. The molecule has 0 aliphatic carbocycles. The van der Waals surface area contributed by atoms with Crippen LogP contribution in [0.1, 0.15) is 26.7 Å². The van der Waals surface area contributed by atoms with Gasteiger partial charge in [0.25, 0.3) is 0 Å². The standard InChI is InChI=1S/C13H22N2O5S/c1-12(11(17)18)3-5-15(8-12)7-10(16)14-13(2)4-6-21(19,20)9-13/h3-9H2,1-2H3,(H,14,16)(H,17,18). The first-order chi connectivity index (χ1) is 9.54. The first kappa shape index (κ1) is 16.2. The van der Waals surface area contributed by atoms with Crippen LogP contribution in [-0.2, 0) is 19.4 Å². The van der Waals surface area contributed by atoms with E-state index in [1.807, 2.05) is 0 Å². The van der Waals surface area contributed by atoms with Gasteiger partial charge in [0, 0.05) is 6.54 Å². The second-order valence-corrected chi connectivity index (χ2v) is 8.96. The van der Waals surface area contributed by atoms with Crippen LogP contribution in [0.25, 0.3) is 0 Å². The number of nitrogens with one attached hydrogen (secondary N) is 1. The molecule has 2 aliphatic heterocycles. The lowest BCUT2D eigenvalue weighted by molar-refractivity contribution is -0.147. The topological polar surface area (TPSA) is 104 Å². The zero-order valence-electron chi connectivity index (χ0n) is 12.4. The second kappa shape index (κ2) is 5.24. The summed E-state index contributed by atoms with van der Waals surface area (Å²) in [5, 5.41) is 11.9. The third-order valence-corrected chi connectivity index (χ3v) is 6.28. The summed E-state index contributed by atoms with van der Waals surface area (Å²) in [6.07, 6.45) is 0.940. The van der Waals surface area contributed by atoms with Crippen molar-refractivity contribution in [3.8, 4) is 0 Å². The zero-order valence-corrected chi connectivity index (χ0v) is 13.2. The fraction of sp³-hybridized carbons (Fsp3) is 0.846. The van der Waals surface area contributed by atoms with Crippen molar-refractivity contribution in [2.45, 2.75) is 32.2 Å². The Balaban J connectivity index is 1.88. The van der Waals surface area contributed by atoms with Gasteiger partial charge < -0.3 is 10.4 Å². The van der Waals surface area contributed by atoms with Gasteiger partial charge in [0.15, 0.2) is 9.84 Å². The first-order valence-corrected chi connectivity index (χ1v) is 8.83. The number of aliphatic carboxylic acids is 1. The molecule has 0 aromatic rings. The van der Waals surface area contributed by atoms with Crippen molar-refractivity contribution >= 4 is 21.7 Å². The lowest BCUT2D eigenvalue weighted by atomic mass is 9.90. The number of nitrogens with zero attached hydrogens (tertiary/aromatic N) is 1. The quantitative estimate of drug-likeness (QED) is 0.722. The Morgan fingerprint density at radius 2 is 1.95 bits per heavy atom. The zero-order chi connectivity index (χ0) is 15.9. The van der Waals surface area contributed by atoms with Crippen molar-refractivity contribution < 1.29 is 23.1 Å². The van der Waals surface area contributed by atoms with Crippen LogP contribution in [0.3, 0.4) is 0 Å². The van der Waals surface area contributed by atoms with Gasteiger partial charge in [-0.3, -0.25) is 14.5 Å². The van der Waals surface area contributed by atoms with Gasteiger partial charge in [-0.25, -0.2) is 8.42 Å². The van der Waals surface area contributed by atoms with Gasteiger partial charge in [-0.05, 0) is 33.2 Å². The van der Waals surface area contributed by atoms with Crippen LogP contribution in [0.15, 0.2) is 0 Å². The maximum atomic E-state index is 12.1. The van der Waals surface area contributed by atoms with Gasteiger partial charge in [0.05, 0.1) is 29.0 Å². The molecule has 1 amide bonds. The molecule has 0 aromatic carbocycles. The van der Waals surface area contributed by atoms with Crippen LogP contribution in [0.5, 0.6) is 0 Å². The van der Waals surface area contributed by atoms with Gasteiger partial charge in [0.2, 0.25) is 5.91 Å². The van der Waals surface area contributed by atoms with Crippen LogP contribution >= 0.6 is 0 Å². The Bertz CT molecular complexity index is 561. The van der Waals surface area contributed by atoms with Crippen LogP contribution in [0.4, 0.5) is 0 Å². The minimum atomic E-state index is -3.06. The summed E-state index contributed by atoms with van der Waals surface area (Å²) in [5.41, 5.74) is -1.51. The van der Waals surface area contributed by atoms with E-state index in [4.69, 9.17) is 5.11 Å². The molecule has 7 nitrogen and oxygen atoms in total. The number of carbonyl (C=O) groups is 2. The molecule has 0 saturated carbocycles. The highest BCUT2D eigenvalue weighted by molar-refractivity contribution is 7.91. The van der Waals surface area contributed by atoms with Gasteiger partial charge in [-0.15, -0.1) is 0 Å². The Morgan fingerprint density at radius 3 is 2.43 bits per heavy atom. The average molecular weight is 318 g/mol. The molecular weight excluding hydrogens is 296 g/mol. The number of likely N-dealkylation sites (tertiary alicyclic amines) is 1. The van der Waals surface area contributed by atoms with E-state index in [1.165, 1.54) is 0 Å². The molecule has 2 unspecified atom stereocenters. The first-order valence-electron chi connectivity index (χ1n) is 7.01. The Kier molecular flexibility index (Phi) is 4.05. The lowest BCUT2D eigenvalue weighted by Gasteiger charge is -2.26. The van der Waals surface area contributed by atoms with E-state index in [0.29, 0.717) is 25.9 Å². The minimum absolute atomic E-state index is 0.0292. The highest BCUT2D eigenvalue weighted by Gasteiger charge is 2.42. The van der Waals surface area contributed by atoms with E-state index in [-0.39, 0.29) is 24.0 Å². The van der Waals surface area contributed by atoms with Gasteiger partial charge in [-0.2, -0.15) is 0 Å². The monoisotopic (exact) mass is 318 g/mol. The van der Waals surface area contributed by atoms with E-state index < -0.39 is 26.8 Å². The number of carboxylic acid groups (broad SMARTS) is 1. The van der Waals surface area contributed by atoms with Crippen molar-refractivity contribution in [2.24, 2.45) is 5.41 Å². The van der Waals surface area contributed by atoms with E-state index in [2.05, 4.69) is 5.32 Å². The Labute approximate surface area is 124 Å². The molecule has 2 saturated heterocycles. The summed E-state index contributed by atoms with van der Waals surface area (Å²) < 4.78 is 23.0. The van der Waals surface area contributed by atoms with Crippen LogP contribution in [0.2, 0.25) is 0 Å². The van der Waals surface area contributed by atoms with Crippen molar-refractivity contribution in [3.05, 3.63) is 0 Å². The number of hydrogen-bond acceptors (Lipinski definition) is 5. The molecule has 2 atom stereocenters. The largest absolute Gasteiger partial charge is 0.481 e. The van der Waals surface area contributed by atoms with Crippen LogP contribution < -0.4 is 5.32 Å². The third-order valence-electron chi connectivity index (χ3n) is 4.38. The predicted molar refractivity (Wildman–Crippen MR) is 76.6 cm³/mol. The SMILES string of the molecule is CC1(NC(=O)CN2CCC(C)(C(=O)O)C2)CCS(=O)(=O)C1. The highest BCUT2D eigenvalue weighted by atomic mass is 32.2. The Morgan fingerprint density at radius 1 is 1.29 bits per heavy atom. The van der Waals surface area contributed by atoms with E-state index in [0.717, 1.165) is 0 Å². The van der Waals surface area contributed by atoms with Crippen molar-refractivity contribution in [1.29, 1.82) is 0 Å². The van der Waals surface area contributed by atoms with Crippen molar-refractivity contribution in [2.75, 3.05) is 31.1 Å². The summed E-state index contributed by atoms with van der Waals surface area (Å²) >= 11 is 0. The van der Waals surface area contributed by atoms with Gasteiger partial charge in [-0.1, -0.05) is 0 Å². The predicted octanol–water partition coefficient (Wildman–Crippen LogP) is -0.524. The Hall–Kier alpha value is -1.15. The number of rotatable bonds is 4. The summed E-state index contributed by atoms with van der Waals surface area (Å²) in [6, 6.07) is 0. The van der Waals surface area contributed by atoms with E-state index in [9.17, 15) is 18.0 Å². The summed E-state index contributed by atoms with van der Waals surface area (Å²) in [6.45, 7) is 4.42. The molecule has 0 spiro atoms. The molecule has 2 aliphatic rings. The third kappa shape index (κ3) is 3.74. The number of hydrogen-bond donors (Lipinski definition) is 2. The fourth-order valence-electron chi connectivity index (χ4n) is 3.05. The summed E-state index contributed by atoms with van der Waals surface area (Å²) in [5.74, 6) is -1.02. The fourth-order valence-corrected chi connectivity index (χ4v) is 5.15. The minimum Gasteiger partial charge on any atom is -0.481 e. The molecule has 2 N–H and O–H groups in total. The molecule has 21 heavy (non-hydrogen) atoms. The molecule has 2 heterocycles. The molecule has 0 radical (unpaired) electrons.